The third-order valence-corrected chi connectivity index (χ3v) is 4.97. The van der Waals surface area contributed by atoms with Gasteiger partial charge >= 0.3 is 6.03 Å². The SMILES string of the molecule is CC1(C)c2c(N)nc(C3(O)CCCCC3)nc2CN1C(N)=O. The van der Waals surface area contributed by atoms with Crippen molar-refractivity contribution in [1.29, 1.82) is 0 Å². The quantitative estimate of drug-likeness (QED) is 0.723. The number of aromatic nitrogens is 2. The van der Waals surface area contributed by atoms with Crippen LogP contribution in [0, 0.1) is 0 Å². The van der Waals surface area contributed by atoms with E-state index < -0.39 is 17.2 Å². The van der Waals surface area contributed by atoms with Gasteiger partial charge in [0.25, 0.3) is 0 Å². The summed E-state index contributed by atoms with van der Waals surface area (Å²) in [5.74, 6) is 0.707. The summed E-state index contributed by atoms with van der Waals surface area (Å²) in [6, 6.07) is -0.514. The minimum absolute atomic E-state index is 0.299. The average Bonchev–Trinajstić information content (AvgIpc) is 2.71. The number of amides is 2. The number of anilines is 1. The zero-order valence-electron chi connectivity index (χ0n) is 13.1. The van der Waals surface area contributed by atoms with E-state index in [0.717, 1.165) is 24.8 Å². The molecule has 0 atom stereocenters. The summed E-state index contributed by atoms with van der Waals surface area (Å²) in [6.45, 7) is 4.05. The van der Waals surface area contributed by atoms with E-state index >= 15 is 0 Å². The standard InChI is InChI=1S/C15H23N5O2/c1-14(2)10-9(8-20(14)13(17)21)18-12(19-11(10)16)15(22)6-4-3-5-7-15/h22H,3-8H2,1-2H3,(H2,17,21)(H2,16,18,19). The van der Waals surface area contributed by atoms with Crippen LogP contribution in [0.4, 0.5) is 10.6 Å². The highest BCUT2D eigenvalue weighted by atomic mass is 16.3. The van der Waals surface area contributed by atoms with Gasteiger partial charge in [0.1, 0.15) is 11.4 Å². The highest BCUT2D eigenvalue weighted by Gasteiger charge is 2.44. The van der Waals surface area contributed by atoms with E-state index in [4.69, 9.17) is 11.5 Å². The fourth-order valence-corrected chi connectivity index (χ4v) is 3.71. The molecule has 22 heavy (non-hydrogen) atoms. The minimum atomic E-state index is -1.01. The van der Waals surface area contributed by atoms with Crippen molar-refractivity contribution in [2.75, 3.05) is 5.73 Å². The summed E-state index contributed by atoms with van der Waals surface area (Å²) in [5.41, 5.74) is 11.4. The largest absolute Gasteiger partial charge is 0.383 e. The van der Waals surface area contributed by atoms with E-state index in [-0.39, 0.29) is 0 Å². The lowest BCUT2D eigenvalue weighted by atomic mass is 9.84. The summed E-state index contributed by atoms with van der Waals surface area (Å²) in [5, 5.41) is 10.8. The molecule has 0 saturated heterocycles. The van der Waals surface area contributed by atoms with Crippen molar-refractivity contribution >= 4 is 11.8 Å². The van der Waals surface area contributed by atoms with Gasteiger partial charge in [-0.3, -0.25) is 0 Å². The third-order valence-electron chi connectivity index (χ3n) is 4.97. The number of rotatable bonds is 1. The highest BCUT2D eigenvalue weighted by molar-refractivity contribution is 5.75. The van der Waals surface area contributed by atoms with Gasteiger partial charge in [-0.15, -0.1) is 0 Å². The fraction of sp³-hybridized carbons (Fsp3) is 0.667. The fourth-order valence-electron chi connectivity index (χ4n) is 3.71. The molecule has 1 aromatic heterocycles. The Morgan fingerprint density at radius 1 is 1.23 bits per heavy atom. The molecule has 1 aliphatic carbocycles. The number of carbonyl (C=O) groups excluding carboxylic acids is 1. The number of hydrogen-bond donors (Lipinski definition) is 3. The molecule has 5 N–H and O–H groups in total. The number of aliphatic hydroxyl groups is 1. The molecule has 1 saturated carbocycles. The topological polar surface area (TPSA) is 118 Å². The van der Waals surface area contributed by atoms with Gasteiger partial charge in [-0.2, -0.15) is 0 Å². The Hall–Kier alpha value is -1.89. The van der Waals surface area contributed by atoms with Crippen LogP contribution in [0.2, 0.25) is 0 Å². The minimum Gasteiger partial charge on any atom is -0.383 e. The highest BCUT2D eigenvalue weighted by Crippen LogP contribution is 2.42. The van der Waals surface area contributed by atoms with Crippen LogP contribution in [0.3, 0.4) is 0 Å². The predicted molar refractivity (Wildman–Crippen MR) is 81.6 cm³/mol. The maximum atomic E-state index is 11.7. The monoisotopic (exact) mass is 305 g/mol. The first-order valence-electron chi connectivity index (χ1n) is 7.72. The lowest BCUT2D eigenvalue weighted by Gasteiger charge is -2.32. The predicted octanol–water partition coefficient (Wildman–Crippen LogP) is 1.34. The van der Waals surface area contributed by atoms with Crippen molar-refractivity contribution in [3.8, 4) is 0 Å². The Bertz CT molecular complexity index is 623. The maximum Gasteiger partial charge on any atom is 0.315 e. The number of primary amides is 1. The molecule has 120 valence electrons. The molecule has 2 amide bonds. The summed E-state index contributed by atoms with van der Waals surface area (Å²) < 4.78 is 0. The average molecular weight is 305 g/mol. The molecular weight excluding hydrogens is 282 g/mol. The summed E-state index contributed by atoms with van der Waals surface area (Å²) >= 11 is 0. The van der Waals surface area contributed by atoms with Gasteiger partial charge in [-0.25, -0.2) is 14.8 Å². The first-order valence-corrected chi connectivity index (χ1v) is 7.72. The molecule has 0 unspecified atom stereocenters. The summed E-state index contributed by atoms with van der Waals surface area (Å²) in [6.07, 6.45) is 4.32. The number of nitrogens with zero attached hydrogens (tertiary/aromatic N) is 3. The van der Waals surface area contributed by atoms with Crippen molar-refractivity contribution in [3.63, 3.8) is 0 Å². The van der Waals surface area contributed by atoms with Crippen LogP contribution in [0.15, 0.2) is 0 Å². The molecule has 0 spiro atoms. The van der Waals surface area contributed by atoms with Crippen LogP contribution in [0.25, 0.3) is 0 Å². The molecule has 7 heteroatoms. The van der Waals surface area contributed by atoms with Gasteiger partial charge in [0, 0.05) is 5.56 Å². The van der Waals surface area contributed by atoms with E-state index in [1.165, 1.54) is 4.90 Å². The van der Waals surface area contributed by atoms with E-state index in [1.54, 1.807) is 0 Å². The molecule has 1 aliphatic heterocycles. The van der Waals surface area contributed by atoms with E-state index in [9.17, 15) is 9.90 Å². The number of urea groups is 1. The van der Waals surface area contributed by atoms with Crippen molar-refractivity contribution in [2.45, 2.75) is 63.6 Å². The van der Waals surface area contributed by atoms with Crippen molar-refractivity contribution < 1.29 is 9.90 Å². The second-order valence-electron chi connectivity index (χ2n) is 6.83. The van der Waals surface area contributed by atoms with E-state index in [0.29, 0.717) is 36.7 Å². The number of nitrogen functional groups attached to an aromatic ring is 1. The summed E-state index contributed by atoms with van der Waals surface area (Å²) in [7, 11) is 0. The van der Waals surface area contributed by atoms with Crippen LogP contribution >= 0.6 is 0 Å². The van der Waals surface area contributed by atoms with Gasteiger partial charge in [0.2, 0.25) is 0 Å². The van der Waals surface area contributed by atoms with E-state index in [1.807, 2.05) is 13.8 Å². The van der Waals surface area contributed by atoms with Crippen LogP contribution in [0.1, 0.15) is 63.0 Å². The van der Waals surface area contributed by atoms with Crippen LogP contribution < -0.4 is 11.5 Å². The summed E-state index contributed by atoms with van der Waals surface area (Å²) in [4.78, 5) is 22.1. The Labute approximate surface area is 129 Å². The van der Waals surface area contributed by atoms with Gasteiger partial charge in [-0.05, 0) is 26.7 Å². The molecule has 2 heterocycles. The maximum absolute atomic E-state index is 11.7. The Balaban J connectivity index is 2.06. The Morgan fingerprint density at radius 2 is 1.86 bits per heavy atom. The lowest BCUT2D eigenvalue weighted by Crippen LogP contribution is -2.43. The van der Waals surface area contributed by atoms with Gasteiger partial charge < -0.3 is 21.5 Å². The molecular formula is C15H23N5O2. The smallest absolute Gasteiger partial charge is 0.315 e. The molecule has 2 aliphatic rings. The van der Waals surface area contributed by atoms with Crippen molar-refractivity contribution in [3.05, 3.63) is 17.1 Å². The number of nitrogens with two attached hydrogens (primary N) is 2. The first-order chi connectivity index (χ1) is 10.3. The molecule has 1 fully saturated rings. The van der Waals surface area contributed by atoms with Gasteiger partial charge in [0.15, 0.2) is 5.82 Å². The lowest BCUT2D eigenvalue weighted by molar-refractivity contribution is -0.00900. The molecule has 3 rings (SSSR count). The molecule has 7 nitrogen and oxygen atoms in total. The molecule has 0 bridgehead atoms. The zero-order chi connectivity index (χ0) is 16.1. The molecule has 0 aromatic carbocycles. The van der Waals surface area contributed by atoms with Crippen LogP contribution in [0.5, 0.6) is 0 Å². The normalized spacial score (nSPS) is 22.4. The third kappa shape index (κ3) is 2.11. The van der Waals surface area contributed by atoms with Crippen LogP contribution in [-0.2, 0) is 17.7 Å². The Morgan fingerprint density at radius 3 is 2.45 bits per heavy atom. The molecule has 0 radical (unpaired) electrons. The van der Waals surface area contributed by atoms with Crippen molar-refractivity contribution in [1.82, 2.24) is 14.9 Å². The first kappa shape index (κ1) is 15.0. The number of fused-ring (bicyclic) bond motifs is 1. The van der Waals surface area contributed by atoms with Gasteiger partial charge in [-0.1, -0.05) is 19.3 Å². The molecule has 1 aromatic rings. The van der Waals surface area contributed by atoms with Crippen molar-refractivity contribution in [2.24, 2.45) is 5.73 Å². The number of carbonyl (C=O) groups is 1. The van der Waals surface area contributed by atoms with E-state index in [2.05, 4.69) is 9.97 Å². The number of hydrogen-bond acceptors (Lipinski definition) is 5. The van der Waals surface area contributed by atoms with Gasteiger partial charge in [0.05, 0.1) is 17.8 Å². The second kappa shape index (κ2) is 4.81. The second-order valence-corrected chi connectivity index (χ2v) is 6.83. The van der Waals surface area contributed by atoms with Crippen LogP contribution in [-0.4, -0.2) is 26.0 Å². The Kier molecular flexibility index (Phi) is 3.28. The zero-order valence-corrected chi connectivity index (χ0v) is 13.1.